The molecule has 1 atom stereocenters. The van der Waals surface area contributed by atoms with E-state index in [1.807, 2.05) is 18.2 Å². The third kappa shape index (κ3) is 1.75. The predicted molar refractivity (Wildman–Crippen MR) is 64.9 cm³/mol. The highest BCUT2D eigenvalue weighted by atomic mass is 16.3. The zero-order chi connectivity index (χ0) is 11.7. The van der Waals surface area contributed by atoms with E-state index in [9.17, 15) is 4.79 Å². The highest BCUT2D eigenvalue weighted by Crippen LogP contribution is 2.29. The number of ketones is 1. The van der Waals surface area contributed by atoms with Crippen LogP contribution in [0.3, 0.4) is 0 Å². The highest BCUT2D eigenvalue weighted by molar-refractivity contribution is 5.96. The van der Waals surface area contributed by atoms with Crippen molar-refractivity contribution in [3.63, 3.8) is 0 Å². The van der Waals surface area contributed by atoms with Crippen LogP contribution in [-0.2, 0) is 0 Å². The van der Waals surface area contributed by atoms with Crippen LogP contribution >= 0.6 is 0 Å². The van der Waals surface area contributed by atoms with Crippen molar-refractivity contribution in [3.05, 3.63) is 35.6 Å². The van der Waals surface area contributed by atoms with Gasteiger partial charge in [0.25, 0.3) is 0 Å². The summed E-state index contributed by atoms with van der Waals surface area (Å²) in [4.78, 5) is 11.3. The Kier molecular flexibility index (Phi) is 2.82. The molecule has 0 N–H and O–H groups in total. The Hall–Kier alpha value is -1.57. The lowest BCUT2D eigenvalue weighted by Gasteiger charge is -2.08. The Labute approximate surface area is 95.3 Å². The second kappa shape index (κ2) is 4.12. The first kappa shape index (κ1) is 10.9. The van der Waals surface area contributed by atoms with Crippen LogP contribution in [0, 0.1) is 0 Å². The average molecular weight is 216 g/mol. The molecular formula is C14H16O2. The SMILES string of the molecule is CCC(C)c1cccc2cc(C(C)=O)oc12. The van der Waals surface area contributed by atoms with Gasteiger partial charge in [0.1, 0.15) is 5.58 Å². The molecule has 0 bridgehead atoms. The maximum atomic E-state index is 11.3. The second-order valence-electron chi connectivity index (χ2n) is 4.24. The van der Waals surface area contributed by atoms with Crippen molar-refractivity contribution in [1.82, 2.24) is 0 Å². The van der Waals surface area contributed by atoms with Gasteiger partial charge in [-0.25, -0.2) is 0 Å². The van der Waals surface area contributed by atoms with Crippen LogP contribution in [0.15, 0.2) is 28.7 Å². The Bertz CT molecular complexity index is 523. The lowest BCUT2D eigenvalue weighted by molar-refractivity contribution is 0.0989. The van der Waals surface area contributed by atoms with Crippen LogP contribution in [0.25, 0.3) is 11.0 Å². The molecule has 1 unspecified atom stereocenters. The standard InChI is InChI=1S/C14H16O2/c1-4-9(2)12-7-5-6-11-8-13(10(3)15)16-14(11)12/h5-9H,4H2,1-3H3. The molecule has 0 aliphatic carbocycles. The fourth-order valence-electron chi connectivity index (χ4n) is 1.87. The third-order valence-corrected chi connectivity index (χ3v) is 3.06. The van der Waals surface area contributed by atoms with Gasteiger partial charge in [0, 0.05) is 12.3 Å². The predicted octanol–water partition coefficient (Wildman–Crippen LogP) is 4.15. The lowest BCUT2D eigenvalue weighted by Crippen LogP contribution is -1.91. The topological polar surface area (TPSA) is 30.2 Å². The summed E-state index contributed by atoms with van der Waals surface area (Å²) in [6.45, 7) is 5.85. The number of para-hydroxylation sites is 1. The summed E-state index contributed by atoms with van der Waals surface area (Å²) in [5.41, 5.74) is 2.05. The van der Waals surface area contributed by atoms with Crippen molar-refractivity contribution >= 4 is 16.8 Å². The normalized spacial score (nSPS) is 12.9. The molecule has 1 heterocycles. The van der Waals surface area contributed by atoms with Crippen LogP contribution in [0.1, 0.15) is 49.2 Å². The van der Waals surface area contributed by atoms with Crippen LogP contribution < -0.4 is 0 Å². The molecule has 0 amide bonds. The van der Waals surface area contributed by atoms with Gasteiger partial charge in [0.15, 0.2) is 11.5 Å². The minimum absolute atomic E-state index is 0.0219. The summed E-state index contributed by atoms with van der Waals surface area (Å²) in [5.74, 6) is 0.881. The monoisotopic (exact) mass is 216 g/mol. The van der Waals surface area contributed by atoms with Gasteiger partial charge in [-0.3, -0.25) is 4.79 Å². The van der Waals surface area contributed by atoms with Gasteiger partial charge in [-0.1, -0.05) is 32.0 Å². The molecular weight excluding hydrogens is 200 g/mol. The van der Waals surface area contributed by atoms with Crippen LogP contribution in [0.2, 0.25) is 0 Å². The summed E-state index contributed by atoms with van der Waals surface area (Å²) >= 11 is 0. The third-order valence-electron chi connectivity index (χ3n) is 3.06. The Balaban J connectivity index is 2.63. The highest BCUT2D eigenvalue weighted by Gasteiger charge is 2.13. The average Bonchev–Trinajstić information content (AvgIpc) is 2.71. The maximum absolute atomic E-state index is 11.3. The van der Waals surface area contributed by atoms with Gasteiger partial charge in [-0.15, -0.1) is 0 Å². The molecule has 2 aromatic rings. The van der Waals surface area contributed by atoms with Crippen LogP contribution in [-0.4, -0.2) is 5.78 Å². The molecule has 2 heteroatoms. The molecule has 0 fully saturated rings. The van der Waals surface area contributed by atoms with Gasteiger partial charge < -0.3 is 4.42 Å². The molecule has 2 rings (SSSR count). The minimum Gasteiger partial charge on any atom is -0.453 e. The summed E-state index contributed by atoms with van der Waals surface area (Å²) < 4.78 is 5.63. The van der Waals surface area contributed by atoms with Crippen LogP contribution in [0.5, 0.6) is 0 Å². The van der Waals surface area contributed by atoms with E-state index in [0.29, 0.717) is 11.7 Å². The van der Waals surface area contributed by atoms with Gasteiger partial charge in [0.2, 0.25) is 0 Å². The van der Waals surface area contributed by atoms with Crippen molar-refractivity contribution in [1.29, 1.82) is 0 Å². The molecule has 0 spiro atoms. The Morgan fingerprint density at radius 2 is 2.19 bits per heavy atom. The minimum atomic E-state index is -0.0219. The number of carbonyl (C=O) groups is 1. The van der Waals surface area contributed by atoms with Gasteiger partial charge >= 0.3 is 0 Å². The van der Waals surface area contributed by atoms with Crippen molar-refractivity contribution in [2.75, 3.05) is 0 Å². The number of hydrogen-bond acceptors (Lipinski definition) is 2. The summed E-state index contributed by atoms with van der Waals surface area (Å²) in [5, 5.41) is 1.02. The molecule has 84 valence electrons. The molecule has 2 nitrogen and oxygen atoms in total. The van der Waals surface area contributed by atoms with E-state index in [0.717, 1.165) is 17.4 Å². The van der Waals surface area contributed by atoms with E-state index in [1.165, 1.54) is 12.5 Å². The van der Waals surface area contributed by atoms with Crippen molar-refractivity contribution in [2.24, 2.45) is 0 Å². The number of hydrogen-bond donors (Lipinski definition) is 0. The smallest absolute Gasteiger partial charge is 0.194 e. The van der Waals surface area contributed by atoms with Gasteiger partial charge in [0.05, 0.1) is 0 Å². The Morgan fingerprint density at radius 1 is 1.44 bits per heavy atom. The number of carbonyl (C=O) groups excluding carboxylic acids is 1. The number of Topliss-reactive ketones (excluding diaryl/α,β-unsaturated/α-hetero) is 1. The van der Waals surface area contributed by atoms with Crippen molar-refractivity contribution in [2.45, 2.75) is 33.1 Å². The summed E-state index contributed by atoms with van der Waals surface area (Å²) in [6.07, 6.45) is 1.06. The zero-order valence-electron chi connectivity index (χ0n) is 9.91. The molecule has 1 aromatic carbocycles. The fraction of sp³-hybridized carbons (Fsp3) is 0.357. The number of fused-ring (bicyclic) bond motifs is 1. The number of rotatable bonds is 3. The van der Waals surface area contributed by atoms with E-state index >= 15 is 0 Å². The first-order chi connectivity index (χ1) is 7.63. The Morgan fingerprint density at radius 3 is 2.81 bits per heavy atom. The lowest BCUT2D eigenvalue weighted by atomic mass is 9.97. The molecule has 0 aliphatic rings. The molecule has 0 aliphatic heterocycles. The molecule has 16 heavy (non-hydrogen) atoms. The molecule has 0 saturated heterocycles. The fourth-order valence-corrected chi connectivity index (χ4v) is 1.87. The quantitative estimate of drug-likeness (QED) is 0.721. The maximum Gasteiger partial charge on any atom is 0.194 e. The first-order valence-electron chi connectivity index (χ1n) is 5.67. The van der Waals surface area contributed by atoms with Gasteiger partial charge in [-0.2, -0.15) is 0 Å². The number of furan rings is 1. The number of benzene rings is 1. The van der Waals surface area contributed by atoms with Crippen molar-refractivity contribution in [3.8, 4) is 0 Å². The molecule has 1 aromatic heterocycles. The van der Waals surface area contributed by atoms with Gasteiger partial charge in [-0.05, 0) is 24.0 Å². The summed E-state index contributed by atoms with van der Waals surface area (Å²) in [6, 6.07) is 7.90. The first-order valence-corrected chi connectivity index (χ1v) is 5.67. The van der Waals surface area contributed by atoms with E-state index in [-0.39, 0.29) is 5.78 Å². The largest absolute Gasteiger partial charge is 0.453 e. The van der Waals surface area contributed by atoms with E-state index in [1.54, 1.807) is 0 Å². The van der Waals surface area contributed by atoms with E-state index in [2.05, 4.69) is 19.9 Å². The van der Waals surface area contributed by atoms with Crippen LogP contribution in [0.4, 0.5) is 0 Å². The molecule has 0 saturated carbocycles. The second-order valence-corrected chi connectivity index (χ2v) is 4.24. The molecule has 0 radical (unpaired) electrons. The van der Waals surface area contributed by atoms with E-state index in [4.69, 9.17) is 4.42 Å². The van der Waals surface area contributed by atoms with E-state index < -0.39 is 0 Å². The zero-order valence-corrected chi connectivity index (χ0v) is 9.91. The van der Waals surface area contributed by atoms with Crippen molar-refractivity contribution < 1.29 is 9.21 Å². The summed E-state index contributed by atoms with van der Waals surface area (Å²) in [7, 11) is 0.